The van der Waals surface area contributed by atoms with E-state index in [0.29, 0.717) is 11.7 Å². The highest BCUT2D eigenvalue weighted by atomic mass is 16.1. The minimum absolute atomic E-state index is 0.229. The summed E-state index contributed by atoms with van der Waals surface area (Å²) in [5.41, 5.74) is 2.44. The van der Waals surface area contributed by atoms with Crippen LogP contribution >= 0.6 is 0 Å². The normalized spacial score (nSPS) is 23.2. The maximum atomic E-state index is 12.2. The van der Waals surface area contributed by atoms with E-state index in [4.69, 9.17) is 0 Å². The lowest BCUT2D eigenvalue weighted by Gasteiger charge is -2.09. The van der Waals surface area contributed by atoms with Gasteiger partial charge < -0.3 is 0 Å². The first-order valence-electron chi connectivity index (χ1n) is 6.60. The van der Waals surface area contributed by atoms with Crippen molar-refractivity contribution in [3.63, 3.8) is 0 Å². The zero-order valence-electron chi connectivity index (χ0n) is 11.3. The second-order valence-corrected chi connectivity index (χ2v) is 6.04. The van der Waals surface area contributed by atoms with E-state index in [9.17, 15) is 4.79 Å². The SMILES string of the molecule is CCC(C)c1ccc(C(=O)C2CC2(C)C)cc1. The first kappa shape index (κ1) is 12.3. The second-order valence-electron chi connectivity index (χ2n) is 6.04. The smallest absolute Gasteiger partial charge is 0.166 e. The molecule has 1 aliphatic rings. The summed E-state index contributed by atoms with van der Waals surface area (Å²) in [6.45, 7) is 8.75. The van der Waals surface area contributed by atoms with Gasteiger partial charge in [-0.2, -0.15) is 0 Å². The van der Waals surface area contributed by atoms with Gasteiger partial charge in [-0.15, -0.1) is 0 Å². The number of Topliss-reactive ketones (excluding diaryl/α,β-unsaturated/α-hetero) is 1. The maximum absolute atomic E-state index is 12.2. The molecule has 1 aromatic rings. The molecule has 0 saturated heterocycles. The Morgan fingerprint density at radius 1 is 1.35 bits per heavy atom. The molecule has 17 heavy (non-hydrogen) atoms. The van der Waals surface area contributed by atoms with E-state index in [-0.39, 0.29) is 11.3 Å². The number of rotatable bonds is 4. The van der Waals surface area contributed by atoms with Crippen LogP contribution < -0.4 is 0 Å². The van der Waals surface area contributed by atoms with Gasteiger partial charge >= 0.3 is 0 Å². The lowest BCUT2D eigenvalue weighted by Crippen LogP contribution is -2.06. The van der Waals surface area contributed by atoms with Crippen LogP contribution in [-0.4, -0.2) is 5.78 Å². The minimum Gasteiger partial charge on any atom is -0.294 e. The van der Waals surface area contributed by atoms with Crippen LogP contribution in [0.2, 0.25) is 0 Å². The van der Waals surface area contributed by atoms with Crippen LogP contribution in [0.3, 0.4) is 0 Å². The van der Waals surface area contributed by atoms with Crippen molar-refractivity contribution in [2.24, 2.45) is 11.3 Å². The highest BCUT2D eigenvalue weighted by molar-refractivity contribution is 6.00. The Morgan fingerprint density at radius 2 is 1.88 bits per heavy atom. The maximum Gasteiger partial charge on any atom is 0.166 e. The molecule has 2 rings (SSSR count). The molecule has 0 heterocycles. The van der Waals surface area contributed by atoms with E-state index in [1.165, 1.54) is 5.56 Å². The Hall–Kier alpha value is -1.11. The fourth-order valence-corrected chi connectivity index (χ4v) is 2.33. The molecule has 1 aliphatic carbocycles. The van der Waals surface area contributed by atoms with Gasteiger partial charge in [-0.3, -0.25) is 4.79 Å². The Labute approximate surface area is 104 Å². The van der Waals surface area contributed by atoms with Gasteiger partial charge in [0.1, 0.15) is 0 Å². The van der Waals surface area contributed by atoms with Crippen LogP contribution in [-0.2, 0) is 0 Å². The quantitative estimate of drug-likeness (QED) is 0.699. The summed E-state index contributed by atoms with van der Waals surface area (Å²) in [5.74, 6) is 1.15. The number of hydrogen-bond acceptors (Lipinski definition) is 1. The van der Waals surface area contributed by atoms with Crippen molar-refractivity contribution in [3.8, 4) is 0 Å². The van der Waals surface area contributed by atoms with Gasteiger partial charge in [0.25, 0.3) is 0 Å². The highest BCUT2D eigenvalue weighted by Crippen LogP contribution is 2.53. The van der Waals surface area contributed by atoms with Gasteiger partial charge in [-0.05, 0) is 29.7 Å². The van der Waals surface area contributed by atoms with Crippen LogP contribution in [0.1, 0.15) is 62.4 Å². The van der Waals surface area contributed by atoms with E-state index in [1.807, 2.05) is 12.1 Å². The van der Waals surface area contributed by atoms with E-state index < -0.39 is 0 Å². The third kappa shape index (κ3) is 2.43. The molecule has 92 valence electrons. The summed E-state index contributed by atoms with van der Waals surface area (Å²) in [4.78, 5) is 12.2. The van der Waals surface area contributed by atoms with Gasteiger partial charge in [0.05, 0.1) is 0 Å². The lowest BCUT2D eigenvalue weighted by atomic mass is 9.95. The molecule has 1 fully saturated rings. The van der Waals surface area contributed by atoms with Gasteiger partial charge in [0.2, 0.25) is 0 Å². The van der Waals surface area contributed by atoms with Crippen LogP contribution in [0, 0.1) is 11.3 Å². The fourth-order valence-electron chi connectivity index (χ4n) is 2.33. The van der Waals surface area contributed by atoms with Crippen LogP contribution in [0.15, 0.2) is 24.3 Å². The largest absolute Gasteiger partial charge is 0.294 e. The summed E-state index contributed by atoms with van der Waals surface area (Å²) in [6, 6.07) is 8.21. The first-order chi connectivity index (χ1) is 7.95. The Balaban J connectivity index is 2.11. The zero-order valence-corrected chi connectivity index (χ0v) is 11.3. The van der Waals surface area contributed by atoms with E-state index in [1.54, 1.807) is 0 Å². The fraction of sp³-hybridized carbons (Fsp3) is 0.562. The topological polar surface area (TPSA) is 17.1 Å². The number of carbonyl (C=O) groups excluding carboxylic acids is 1. The average molecular weight is 230 g/mol. The lowest BCUT2D eigenvalue weighted by molar-refractivity contribution is 0.0953. The highest BCUT2D eigenvalue weighted by Gasteiger charge is 2.50. The minimum atomic E-state index is 0.229. The van der Waals surface area contributed by atoms with E-state index in [2.05, 4.69) is 39.8 Å². The van der Waals surface area contributed by atoms with Crippen molar-refractivity contribution in [1.82, 2.24) is 0 Å². The van der Waals surface area contributed by atoms with Crippen molar-refractivity contribution < 1.29 is 4.79 Å². The molecule has 0 bridgehead atoms. The van der Waals surface area contributed by atoms with Crippen LogP contribution in [0.4, 0.5) is 0 Å². The standard InChI is InChI=1S/C16H22O/c1-5-11(2)12-6-8-13(9-7-12)15(17)14-10-16(14,3)4/h6-9,11,14H,5,10H2,1-4H3. The number of benzene rings is 1. The molecule has 0 N–H and O–H groups in total. The molecule has 0 radical (unpaired) electrons. The van der Waals surface area contributed by atoms with Crippen molar-refractivity contribution in [2.45, 2.75) is 46.5 Å². The van der Waals surface area contributed by atoms with E-state index in [0.717, 1.165) is 18.4 Å². The van der Waals surface area contributed by atoms with Gasteiger partial charge in [0.15, 0.2) is 5.78 Å². The van der Waals surface area contributed by atoms with Gasteiger partial charge in [-0.25, -0.2) is 0 Å². The zero-order chi connectivity index (χ0) is 12.6. The molecule has 0 aromatic heterocycles. The predicted molar refractivity (Wildman–Crippen MR) is 71.4 cm³/mol. The van der Waals surface area contributed by atoms with Crippen LogP contribution in [0.25, 0.3) is 0 Å². The van der Waals surface area contributed by atoms with Crippen molar-refractivity contribution in [2.75, 3.05) is 0 Å². The summed E-state index contributed by atoms with van der Waals surface area (Å²) >= 11 is 0. The number of carbonyl (C=O) groups is 1. The summed E-state index contributed by atoms with van der Waals surface area (Å²) in [7, 11) is 0. The van der Waals surface area contributed by atoms with Gasteiger partial charge in [-0.1, -0.05) is 52.0 Å². The van der Waals surface area contributed by atoms with Crippen molar-refractivity contribution in [3.05, 3.63) is 35.4 Å². The third-order valence-electron chi connectivity index (χ3n) is 4.21. The molecular weight excluding hydrogens is 208 g/mol. The molecule has 0 aliphatic heterocycles. The summed E-state index contributed by atoms with van der Waals surface area (Å²) < 4.78 is 0. The summed E-state index contributed by atoms with van der Waals surface area (Å²) in [5, 5.41) is 0. The van der Waals surface area contributed by atoms with E-state index >= 15 is 0 Å². The molecule has 0 amide bonds. The Kier molecular flexibility index (Phi) is 3.11. The molecule has 1 nitrogen and oxygen atoms in total. The molecule has 1 heteroatoms. The van der Waals surface area contributed by atoms with Gasteiger partial charge in [0, 0.05) is 11.5 Å². The first-order valence-corrected chi connectivity index (χ1v) is 6.60. The third-order valence-corrected chi connectivity index (χ3v) is 4.21. The number of ketones is 1. The molecule has 1 saturated carbocycles. The molecule has 2 unspecified atom stereocenters. The Bertz CT molecular complexity index is 414. The van der Waals surface area contributed by atoms with Crippen molar-refractivity contribution >= 4 is 5.78 Å². The summed E-state index contributed by atoms with van der Waals surface area (Å²) in [6.07, 6.45) is 2.18. The number of hydrogen-bond donors (Lipinski definition) is 0. The Morgan fingerprint density at radius 3 is 2.29 bits per heavy atom. The predicted octanol–water partition coefficient (Wildman–Crippen LogP) is 4.43. The second kappa shape index (κ2) is 4.29. The molecule has 1 aromatic carbocycles. The van der Waals surface area contributed by atoms with Crippen molar-refractivity contribution in [1.29, 1.82) is 0 Å². The molecule has 0 spiro atoms. The molecular formula is C16H22O. The average Bonchev–Trinajstić information content (AvgIpc) is 2.97. The monoisotopic (exact) mass is 230 g/mol. The van der Waals surface area contributed by atoms with Crippen LogP contribution in [0.5, 0.6) is 0 Å². The molecule has 2 atom stereocenters.